The first-order chi connectivity index (χ1) is 5.79. The molecular formula is C9H9NO2. The maximum atomic E-state index is 10.8. The molecule has 0 spiro atoms. The molecule has 1 fully saturated rings. The summed E-state index contributed by atoms with van der Waals surface area (Å²) in [7, 11) is 0. The fourth-order valence-electron chi connectivity index (χ4n) is 1.19. The van der Waals surface area contributed by atoms with Gasteiger partial charge in [-0.25, -0.2) is 0 Å². The number of carbonyl (C=O) groups is 1. The predicted molar refractivity (Wildman–Crippen MR) is 42.5 cm³/mol. The summed E-state index contributed by atoms with van der Waals surface area (Å²) in [5, 5.41) is 0. The molecule has 3 nitrogen and oxygen atoms in total. The van der Waals surface area contributed by atoms with Crippen molar-refractivity contribution in [1.82, 2.24) is 4.98 Å². The van der Waals surface area contributed by atoms with E-state index in [4.69, 9.17) is 4.74 Å². The molecule has 1 aromatic heterocycles. The molecule has 0 N–H and O–H groups in total. The Balaban J connectivity index is 2.11. The number of hydrogen-bond donors (Lipinski definition) is 0. The first-order valence-corrected chi connectivity index (χ1v) is 3.86. The van der Waals surface area contributed by atoms with Crippen molar-refractivity contribution < 1.29 is 9.53 Å². The molecule has 1 aliphatic heterocycles. The van der Waals surface area contributed by atoms with Gasteiger partial charge in [0.1, 0.15) is 12.2 Å². The predicted octanol–water partition coefficient (Wildman–Crippen LogP) is 1.11. The van der Waals surface area contributed by atoms with Gasteiger partial charge >= 0.3 is 0 Å². The standard InChI is InChI=1S/C9H9NO2/c1-6(11)8-9(12-8)7-4-2-3-5-10-7/h2-5,8-9H,1H3. The van der Waals surface area contributed by atoms with Crippen LogP contribution in [0.2, 0.25) is 0 Å². The van der Waals surface area contributed by atoms with Gasteiger partial charge in [0.15, 0.2) is 5.78 Å². The third kappa shape index (κ3) is 1.23. The van der Waals surface area contributed by atoms with E-state index in [9.17, 15) is 4.79 Å². The molecule has 12 heavy (non-hydrogen) atoms. The van der Waals surface area contributed by atoms with E-state index in [1.807, 2.05) is 18.2 Å². The van der Waals surface area contributed by atoms with Crippen LogP contribution in [-0.2, 0) is 9.53 Å². The van der Waals surface area contributed by atoms with Crippen molar-refractivity contribution in [2.45, 2.75) is 19.1 Å². The second-order valence-electron chi connectivity index (χ2n) is 2.84. The van der Waals surface area contributed by atoms with Gasteiger partial charge in [-0.3, -0.25) is 9.78 Å². The summed E-state index contributed by atoms with van der Waals surface area (Å²) in [6.45, 7) is 1.54. The molecule has 62 valence electrons. The lowest BCUT2D eigenvalue weighted by Gasteiger charge is -1.90. The summed E-state index contributed by atoms with van der Waals surface area (Å²) >= 11 is 0. The number of epoxide rings is 1. The second kappa shape index (κ2) is 2.68. The molecule has 2 rings (SSSR count). The molecule has 2 atom stereocenters. The molecule has 0 bridgehead atoms. The maximum Gasteiger partial charge on any atom is 0.161 e. The molecule has 3 heteroatoms. The lowest BCUT2D eigenvalue weighted by molar-refractivity contribution is -0.118. The normalized spacial score (nSPS) is 26.8. The van der Waals surface area contributed by atoms with E-state index in [0.717, 1.165) is 5.69 Å². The summed E-state index contributed by atoms with van der Waals surface area (Å²) in [5.41, 5.74) is 0.845. The van der Waals surface area contributed by atoms with Gasteiger partial charge in [-0.15, -0.1) is 0 Å². The van der Waals surface area contributed by atoms with E-state index < -0.39 is 0 Å². The number of nitrogens with zero attached hydrogens (tertiary/aromatic N) is 1. The van der Waals surface area contributed by atoms with E-state index in [1.165, 1.54) is 6.92 Å². The molecular weight excluding hydrogens is 154 g/mol. The lowest BCUT2D eigenvalue weighted by Crippen LogP contribution is -2.01. The van der Waals surface area contributed by atoms with Crippen molar-refractivity contribution in [3.05, 3.63) is 30.1 Å². The quantitative estimate of drug-likeness (QED) is 0.613. The lowest BCUT2D eigenvalue weighted by atomic mass is 10.2. The molecule has 1 aliphatic rings. The Labute approximate surface area is 70.4 Å². The highest BCUT2D eigenvalue weighted by Crippen LogP contribution is 2.37. The van der Waals surface area contributed by atoms with Gasteiger partial charge in [0, 0.05) is 6.20 Å². The van der Waals surface area contributed by atoms with E-state index >= 15 is 0 Å². The fourth-order valence-corrected chi connectivity index (χ4v) is 1.19. The molecule has 2 unspecified atom stereocenters. The van der Waals surface area contributed by atoms with Crippen LogP contribution in [0.3, 0.4) is 0 Å². The van der Waals surface area contributed by atoms with Crippen LogP contribution >= 0.6 is 0 Å². The SMILES string of the molecule is CC(=O)C1OC1c1ccccn1. The monoisotopic (exact) mass is 163 g/mol. The average Bonchev–Trinajstić information content (AvgIpc) is 2.84. The van der Waals surface area contributed by atoms with Crippen molar-refractivity contribution in [1.29, 1.82) is 0 Å². The third-order valence-corrected chi connectivity index (χ3v) is 1.87. The Hall–Kier alpha value is -1.22. The number of aromatic nitrogens is 1. The summed E-state index contributed by atoms with van der Waals surface area (Å²) in [6, 6.07) is 5.60. The molecule has 1 saturated heterocycles. The Morgan fingerprint density at radius 1 is 1.58 bits per heavy atom. The summed E-state index contributed by atoms with van der Waals surface area (Å²) < 4.78 is 5.15. The number of ketones is 1. The van der Waals surface area contributed by atoms with E-state index in [1.54, 1.807) is 6.20 Å². The van der Waals surface area contributed by atoms with Gasteiger partial charge in [-0.1, -0.05) is 6.07 Å². The molecule has 0 radical (unpaired) electrons. The number of ether oxygens (including phenoxy) is 1. The highest BCUT2D eigenvalue weighted by atomic mass is 16.6. The zero-order chi connectivity index (χ0) is 8.55. The van der Waals surface area contributed by atoms with Gasteiger partial charge in [-0.2, -0.15) is 0 Å². The van der Waals surface area contributed by atoms with Crippen LogP contribution in [-0.4, -0.2) is 16.9 Å². The Morgan fingerprint density at radius 2 is 2.42 bits per heavy atom. The summed E-state index contributed by atoms with van der Waals surface area (Å²) in [6.07, 6.45) is 1.36. The molecule has 2 heterocycles. The van der Waals surface area contributed by atoms with Crippen LogP contribution in [0.1, 0.15) is 18.7 Å². The number of rotatable bonds is 2. The molecule has 0 saturated carbocycles. The zero-order valence-electron chi connectivity index (χ0n) is 6.73. The Kier molecular flexibility index (Phi) is 1.66. The van der Waals surface area contributed by atoms with Crippen LogP contribution < -0.4 is 0 Å². The minimum absolute atomic E-state index is 0.0747. The summed E-state index contributed by atoms with van der Waals surface area (Å²) in [5.74, 6) is 0.0747. The van der Waals surface area contributed by atoms with Crippen molar-refractivity contribution in [3.63, 3.8) is 0 Å². The maximum absolute atomic E-state index is 10.8. The van der Waals surface area contributed by atoms with Gasteiger partial charge in [0.2, 0.25) is 0 Å². The fraction of sp³-hybridized carbons (Fsp3) is 0.333. The minimum atomic E-state index is -0.250. The highest BCUT2D eigenvalue weighted by Gasteiger charge is 2.44. The summed E-state index contributed by atoms with van der Waals surface area (Å²) in [4.78, 5) is 14.9. The zero-order valence-corrected chi connectivity index (χ0v) is 6.73. The first kappa shape index (κ1) is 7.43. The van der Waals surface area contributed by atoms with Crippen LogP contribution in [0.5, 0.6) is 0 Å². The van der Waals surface area contributed by atoms with Crippen LogP contribution in [0.25, 0.3) is 0 Å². The topological polar surface area (TPSA) is 42.5 Å². The largest absolute Gasteiger partial charge is 0.355 e. The van der Waals surface area contributed by atoms with Gasteiger partial charge in [-0.05, 0) is 19.1 Å². The molecule has 0 aliphatic carbocycles. The Bertz CT molecular complexity index is 297. The number of Topliss-reactive ketones (excluding diaryl/α,β-unsaturated/α-hetero) is 1. The van der Waals surface area contributed by atoms with Crippen LogP contribution in [0.15, 0.2) is 24.4 Å². The third-order valence-electron chi connectivity index (χ3n) is 1.87. The smallest absolute Gasteiger partial charge is 0.161 e. The van der Waals surface area contributed by atoms with Crippen molar-refractivity contribution in [3.8, 4) is 0 Å². The van der Waals surface area contributed by atoms with Crippen LogP contribution in [0, 0.1) is 0 Å². The average molecular weight is 163 g/mol. The van der Waals surface area contributed by atoms with Crippen LogP contribution in [0.4, 0.5) is 0 Å². The van der Waals surface area contributed by atoms with Crippen molar-refractivity contribution in [2.75, 3.05) is 0 Å². The molecule has 0 aromatic carbocycles. The minimum Gasteiger partial charge on any atom is -0.355 e. The van der Waals surface area contributed by atoms with Gasteiger partial charge < -0.3 is 4.74 Å². The second-order valence-corrected chi connectivity index (χ2v) is 2.84. The number of hydrogen-bond acceptors (Lipinski definition) is 3. The van der Waals surface area contributed by atoms with E-state index in [0.29, 0.717) is 0 Å². The number of pyridine rings is 1. The van der Waals surface area contributed by atoms with E-state index in [-0.39, 0.29) is 18.0 Å². The van der Waals surface area contributed by atoms with E-state index in [2.05, 4.69) is 4.98 Å². The van der Waals surface area contributed by atoms with Crippen molar-refractivity contribution >= 4 is 5.78 Å². The van der Waals surface area contributed by atoms with Crippen molar-refractivity contribution in [2.24, 2.45) is 0 Å². The molecule has 0 amide bonds. The van der Waals surface area contributed by atoms with Gasteiger partial charge in [0.05, 0.1) is 5.69 Å². The van der Waals surface area contributed by atoms with Gasteiger partial charge in [0.25, 0.3) is 0 Å². The highest BCUT2D eigenvalue weighted by molar-refractivity contribution is 5.83. The Morgan fingerprint density at radius 3 is 2.92 bits per heavy atom. The molecule has 1 aromatic rings. The number of carbonyl (C=O) groups excluding carboxylic acids is 1. The first-order valence-electron chi connectivity index (χ1n) is 3.86.